The first kappa shape index (κ1) is 25.0. The third-order valence-electron chi connectivity index (χ3n) is 5.43. The summed E-state index contributed by atoms with van der Waals surface area (Å²) in [4.78, 5) is 30.6. The van der Waals surface area contributed by atoms with Gasteiger partial charge in [-0.1, -0.05) is 30.3 Å². The van der Waals surface area contributed by atoms with Gasteiger partial charge in [0.25, 0.3) is 0 Å². The van der Waals surface area contributed by atoms with E-state index in [4.69, 9.17) is 9.47 Å². The van der Waals surface area contributed by atoms with E-state index in [0.717, 1.165) is 45.5 Å². The van der Waals surface area contributed by atoms with Crippen molar-refractivity contribution in [1.82, 2.24) is 4.98 Å². The molecule has 1 heterocycles. The van der Waals surface area contributed by atoms with Gasteiger partial charge in [0.2, 0.25) is 0 Å². The normalized spacial score (nSPS) is 11.1. The fraction of sp³-hybridized carbons (Fsp3) is 0.321. The molecule has 0 aliphatic heterocycles. The minimum absolute atomic E-state index is 0.227. The SMILES string of the molecule is COc1c(C)cnc(CN(C(=O)OC(C)(C)C)c2cc(C)cc(-c3ccc(C=O)cc3)c2)c1C. The number of aromatic nitrogens is 1. The molecule has 34 heavy (non-hydrogen) atoms. The van der Waals surface area contributed by atoms with E-state index in [0.29, 0.717) is 11.3 Å². The first-order chi connectivity index (χ1) is 16.0. The zero-order valence-electron chi connectivity index (χ0n) is 20.9. The molecule has 0 aliphatic rings. The van der Waals surface area contributed by atoms with Gasteiger partial charge in [0.15, 0.2) is 0 Å². The molecule has 3 rings (SSSR count). The van der Waals surface area contributed by atoms with Gasteiger partial charge >= 0.3 is 6.09 Å². The molecule has 0 N–H and O–H groups in total. The number of hydrogen-bond donors (Lipinski definition) is 0. The molecule has 0 saturated carbocycles. The van der Waals surface area contributed by atoms with Crippen LogP contribution in [0.25, 0.3) is 11.1 Å². The summed E-state index contributed by atoms with van der Waals surface area (Å²) in [6.07, 6.45) is 2.12. The van der Waals surface area contributed by atoms with Crippen molar-refractivity contribution >= 4 is 18.1 Å². The summed E-state index contributed by atoms with van der Waals surface area (Å²) in [5, 5.41) is 0. The number of anilines is 1. The Labute approximate surface area is 201 Å². The van der Waals surface area contributed by atoms with Crippen LogP contribution in [0.15, 0.2) is 48.7 Å². The Morgan fingerprint density at radius 2 is 1.71 bits per heavy atom. The summed E-state index contributed by atoms with van der Waals surface area (Å²) in [5.74, 6) is 0.759. The van der Waals surface area contributed by atoms with Gasteiger partial charge in [-0.2, -0.15) is 0 Å². The van der Waals surface area contributed by atoms with Crippen LogP contribution in [-0.4, -0.2) is 30.1 Å². The van der Waals surface area contributed by atoms with Crippen molar-refractivity contribution in [3.63, 3.8) is 0 Å². The molecule has 0 atom stereocenters. The van der Waals surface area contributed by atoms with Crippen LogP contribution in [0.3, 0.4) is 0 Å². The number of aryl methyl sites for hydroxylation is 2. The van der Waals surface area contributed by atoms with Crippen molar-refractivity contribution in [2.24, 2.45) is 0 Å². The summed E-state index contributed by atoms with van der Waals surface area (Å²) in [6.45, 7) is 11.6. The van der Waals surface area contributed by atoms with E-state index in [1.165, 1.54) is 0 Å². The van der Waals surface area contributed by atoms with Gasteiger partial charge in [-0.05, 0) is 70.4 Å². The molecule has 3 aromatic rings. The second-order valence-electron chi connectivity index (χ2n) is 9.41. The second-order valence-corrected chi connectivity index (χ2v) is 9.41. The average Bonchev–Trinajstić information content (AvgIpc) is 2.77. The van der Waals surface area contributed by atoms with Crippen LogP contribution < -0.4 is 9.64 Å². The van der Waals surface area contributed by atoms with Crippen LogP contribution in [0.2, 0.25) is 0 Å². The molecule has 0 saturated heterocycles. The minimum atomic E-state index is -0.653. The van der Waals surface area contributed by atoms with Gasteiger partial charge < -0.3 is 9.47 Å². The summed E-state index contributed by atoms with van der Waals surface area (Å²) >= 11 is 0. The van der Waals surface area contributed by atoms with E-state index in [2.05, 4.69) is 4.98 Å². The lowest BCUT2D eigenvalue weighted by molar-refractivity contribution is 0.0577. The Morgan fingerprint density at radius 3 is 2.29 bits per heavy atom. The van der Waals surface area contributed by atoms with Crippen LogP contribution >= 0.6 is 0 Å². The Morgan fingerprint density at radius 1 is 1.03 bits per heavy atom. The maximum absolute atomic E-state index is 13.3. The topological polar surface area (TPSA) is 68.7 Å². The van der Waals surface area contributed by atoms with Gasteiger partial charge in [0.1, 0.15) is 17.6 Å². The molecule has 0 bridgehead atoms. The summed E-state index contributed by atoms with van der Waals surface area (Å²) in [7, 11) is 1.63. The van der Waals surface area contributed by atoms with E-state index in [9.17, 15) is 9.59 Å². The summed E-state index contributed by atoms with van der Waals surface area (Å²) < 4.78 is 11.3. The number of aldehydes is 1. The van der Waals surface area contributed by atoms with E-state index in [1.807, 2.05) is 71.9 Å². The van der Waals surface area contributed by atoms with Crippen LogP contribution in [0, 0.1) is 20.8 Å². The lowest BCUT2D eigenvalue weighted by atomic mass is 10.0. The number of amides is 1. The highest BCUT2D eigenvalue weighted by Crippen LogP contribution is 2.31. The second kappa shape index (κ2) is 10.1. The van der Waals surface area contributed by atoms with E-state index >= 15 is 0 Å². The van der Waals surface area contributed by atoms with Crippen molar-refractivity contribution in [3.8, 4) is 16.9 Å². The van der Waals surface area contributed by atoms with Crippen molar-refractivity contribution in [3.05, 3.63) is 76.6 Å². The Hall–Kier alpha value is -3.67. The molecule has 1 amide bonds. The smallest absolute Gasteiger partial charge is 0.415 e. The highest BCUT2D eigenvalue weighted by molar-refractivity contribution is 5.89. The number of carbonyl (C=O) groups excluding carboxylic acids is 2. The minimum Gasteiger partial charge on any atom is -0.496 e. The van der Waals surface area contributed by atoms with E-state index in [-0.39, 0.29) is 6.54 Å². The lowest BCUT2D eigenvalue weighted by Gasteiger charge is -2.28. The Kier molecular flexibility index (Phi) is 7.40. The average molecular weight is 461 g/mol. The number of methoxy groups -OCH3 is 1. The fourth-order valence-electron chi connectivity index (χ4n) is 3.80. The number of rotatable bonds is 6. The van der Waals surface area contributed by atoms with E-state index < -0.39 is 11.7 Å². The summed E-state index contributed by atoms with van der Waals surface area (Å²) in [5.41, 5.74) is 6.08. The first-order valence-electron chi connectivity index (χ1n) is 11.2. The number of pyridine rings is 1. The van der Waals surface area contributed by atoms with E-state index in [1.54, 1.807) is 30.3 Å². The first-order valence-corrected chi connectivity index (χ1v) is 11.2. The predicted molar refractivity (Wildman–Crippen MR) is 135 cm³/mol. The van der Waals surface area contributed by atoms with Crippen molar-refractivity contribution in [2.75, 3.05) is 12.0 Å². The fourth-order valence-corrected chi connectivity index (χ4v) is 3.80. The monoisotopic (exact) mass is 460 g/mol. The molecule has 178 valence electrons. The Balaban J connectivity index is 2.08. The van der Waals surface area contributed by atoms with Crippen molar-refractivity contribution < 1.29 is 19.1 Å². The van der Waals surface area contributed by atoms with Gasteiger partial charge in [-0.25, -0.2) is 4.79 Å². The van der Waals surface area contributed by atoms with Crippen molar-refractivity contribution in [2.45, 2.75) is 53.7 Å². The molecule has 0 aliphatic carbocycles. The molecule has 0 fully saturated rings. The van der Waals surface area contributed by atoms with Gasteiger partial charge in [0, 0.05) is 28.6 Å². The molecule has 6 heteroatoms. The maximum atomic E-state index is 13.3. The van der Waals surface area contributed by atoms with Crippen molar-refractivity contribution in [1.29, 1.82) is 0 Å². The Bertz CT molecular complexity index is 1190. The molecular formula is C28H32N2O4. The molecular weight excluding hydrogens is 428 g/mol. The number of hydrogen-bond acceptors (Lipinski definition) is 5. The van der Waals surface area contributed by atoms with Gasteiger partial charge in [-0.15, -0.1) is 0 Å². The molecule has 0 radical (unpaired) electrons. The standard InChI is InChI=1S/C28H32N2O4/c1-18-12-23(22-10-8-21(17-31)9-11-22)14-24(13-18)30(27(32)34-28(4,5)6)16-25-20(3)26(33-7)19(2)15-29-25/h8-15,17H,16H2,1-7H3. The summed E-state index contributed by atoms with van der Waals surface area (Å²) in [6, 6.07) is 13.3. The van der Waals surface area contributed by atoms with Crippen LogP contribution in [0.4, 0.5) is 10.5 Å². The number of carbonyl (C=O) groups is 2. The number of nitrogens with zero attached hydrogens (tertiary/aromatic N) is 2. The third kappa shape index (κ3) is 5.81. The maximum Gasteiger partial charge on any atom is 0.415 e. The number of benzene rings is 2. The number of ether oxygens (including phenoxy) is 2. The molecule has 0 unspecified atom stereocenters. The molecule has 2 aromatic carbocycles. The van der Waals surface area contributed by atoms with Gasteiger partial charge in [-0.3, -0.25) is 14.7 Å². The van der Waals surface area contributed by atoms with Crippen LogP contribution in [-0.2, 0) is 11.3 Å². The predicted octanol–water partition coefficient (Wildman–Crippen LogP) is 6.44. The molecule has 1 aromatic heterocycles. The quantitative estimate of drug-likeness (QED) is 0.396. The lowest BCUT2D eigenvalue weighted by Crippen LogP contribution is -2.37. The third-order valence-corrected chi connectivity index (χ3v) is 5.43. The zero-order valence-corrected chi connectivity index (χ0v) is 20.9. The van der Waals surface area contributed by atoms with Crippen LogP contribution in [0.1, 0.15) is 53.5 Å². The highest BCUT2D eigenvalue weighted by Gasteiger charge is 2.26. The van der Waals surface area contributed by atoms with Gasteiger partial charge in [0.05, 0.1) is 19.3 Å². The molecule has 0 spiro atoms. The largest absolute Gasteiger partial charge is 0.496 e. The highest BCUT2D eigenvalue weighted by atomic mass is 16.6. The van der Waals surface area contributed by atoms with Crippen LogP contribution in [0.5, 0.6) is 5.75 Å². The zero-order chi connectivity index (χ0) is 25.0. The molecule has 6 nitrogen and oxygen atoms in total.